The third kappa shape index (κ3) is 5.75. The van der Waals surface area contributed by atoms with Gasteiger partial charge in [-0.3, -0.25) is 4.99 Å². The van der Waals surface area contributed by atoms with Gasteiger partial charge >= 0.3 is 0 Å². The second kappa shape index (κ2) is 9.40. The molecule has 128 valence electrons. The molecule has 0 unspecified atom stereocenters. The molecule has 0 aliphatic carbocycles. The molecule has 23 heavy (non-hydrogen) atoms. The lowest BCUT2D eigenvalue weighted by Gasteiger charge is -2.26. The smallest absolute Gasteiger partial charge is 0.191 e. The lowest BCUT2D eigenvalue weighted by atomic mass is 10.1. The van der Waals surface area contributed by atoms with E-state index in [1.54, 1.807) is 7.11 Å². The molecule has 1 fully saturated rings. The van der Waals surface area contributed by atoms with E-state index in [4.69, 9.17) is 4.74 Å². The standard InChI is InChI=1S/C18H30N4O/c1-15-7-8-16(17(13-15)23-3)14-21-18(19-2)20-9-12-22-10-5-4-6-11-22/h7-8,13H,4-6,9-12,14H2,1-3H3,(H2,19,20,21). The molecule has 0 radical (unpaired) electrons. The van der Waals surface area contributed by atoms with Gasteiger partial charge in [0.2, 0.25) is 0 Å². The van der Waals surface area contributed by atoms with Crippen LogP contribution in [0, 0.1) is 6.92 Å². The van der Waals surface area contributed by atoms with Crippen molar-refractivity contribution in [1.82, 2.24) is 15.5 Å². The first-order valence-corrected chi connectivity index (χ1v) is 8.53. The molecule has 0 saturated carbocycles. The Kier molecular flexibility index (Phi) is 7.20. The highest BCUT2D eigenvalue weighted by Crippen LogP contribution is 2.19. The monoisotopic (exact) mass is 318 g/mol. The molecule has 0 atom stereocenters. The van der Waals surface area contributed by atoms with Crippen molar-refractivity contribution in [1.29, 1.82) is 0 Å². The van der Waals surface area contributed by atoms with Crippen molar-refractivity contribution < 1.29 is 4.74 Å². The molecule has 1 aromatic rings. The third-order valence-electron chi connectivity index (χ3n) is 4.28. The molecular formula is C18H30N4O. The summed E-state index contributed by atoms with van der Waals surface area (Å²) in [5.41, 5.74) is 2.34. The van der Waals surface area contributed by atoms with Crippen LogP contribution in [0.1, 0.15) is 30.4 Å². The van der Waals surface area contributed by atoms with Gasteiger partial charge in [-0.2, -0.15) is 0 Å². The Balaban J connectivity index is 1.76. The maximum Gasteiger partial charge on any atom is 0.191 e. The van der Waals surface area contributed by atoms with Crippen LogP contribution in [0.4, 0.5) is 0 Å². The predicted octanol–water partition coefficient (Wildman–Crippen LogP) is 2.15. The quantitative estimate of drug-likeness (QED) is 0.623. The number of guanidine groups is 1. The van der Waals surface area contributed by atoms with Crippen LogP contribution in [0.25, 0.3) is 0 Å². The minimum atomic E-state index is 0.701. The first kappa shape index (κ1) is 17.6. The van der Waals surface area contributed by atoms with Gasteiger partial charge < -0.3 is 20.3 Å². The number of rotatable bonds is 6. The van der Waals surface area contributed by atoms with Crippen molar-refractivity contribution in [2.24, 2.45) is 4.99 Å². The lowest BCUT2D eigenvalue weighted by molar-refractivity contribution is 0.232. The molecule has 1 heterocycles. The van der Waals surface area contributed by atoms with Crippen LogP contribution in [0.2, 0.25) is 0 Å². The van der Waals surface area contributed by atoms with Gasteiger partial charge in [-0.05, 0) is 44.5 Å². The minimum absolute atomic E-state index is 0.701. The summed E-state index contributed by atoms with van der Waals surface area (Å²) in [4.78, 5) is 6.81. The summed E-state index contributed by atoms with van der Waals surface area (Å²) in [6.07, 6.45) is 4.05. The van der Waals surface area contributed by atoms with E-state index in [-0.39, 0.29) is 0 Å². The number of likely N-dealkylation sites (tertiary alicyclic amines) is 1. The summed E-state index contributed by atoms with van der Waals surface area (Å²) in [5, 5.41) is 6.75. The average molecular weight is 318 g/mol. The fourth-order valence-corrected chi connectivity index (χ4v) is 2.91. The SMILES string of the molecule is CN=C(NCCN1CCCCC1)NCc1ccc(C)cc1OC. The predicted molar refractivity (Wildman–Crippen MR) is 96.2 cm³/mol. The van der Waals surface area contributed by atoms with Gasteiger partial charge in [0.25, 0.3) is 0 Å². The number of aryl methyl sites for hydroxylation is 1. The molecule has 0 aromatic heterocycles. The topological polar surface area (TPSA) is 48.9 Å². The Bertz CT molecular complexity index is 510. The highest BCUT2D eigenvalue weighted by molar-refractivity contribution is 5.79. The molecule has 0 amide bonds. The molecule has 0 bridgehead atoms. The highest BCUT2D eigenvalue weighted by Gasteiger charge is 2.09. The fraction of sp³-hybridized carbons (Fsp3) is 0.611. The number of nitrogens with zero attached hydrogens (tertiary/aromatic N) is 2. The molecule has 1 aliphatic rings. The van der Waals surface area contributed by atoms with Crippen molar-refractivity contribution in [3.63, 3.8) is 0 Å². The second-order valence-electron chi connectivity index (χ2n) is 6.07. The van der Waals surface area contributed by atoms with Crippen molar-refractivity contribution in [2.45, 2.75) is 32.7 Å². The molecule has 5 nitrogen and oxygen atoms in total. The molecule has 0 spiro atoms. The Hall–Kier alpha value is -1.75. The molecule has 2 N–H and O–H groups in total. The zero-order valence-corrected chi connectivity index (χ0v) is 14.7. The summed E-state index contributed by atoms with van der Waals surface area (Å²) in [5.74, 6) is 1.76. The Morgan fingerprint density at radius 1 is 1.22 bits per heavy atom. The van der Waals surface area contributed by atoms with E-state index >= 15 is 0 Å². The highest BCUT2D eigenvalue weighted by atomic mass is 16.5. The number of methoxy groups -OCH3 is 1. The van der Waals surface area contributed by atoms with Gasteiger partial charge in [0.05, 0.1) is 7.11 Å². The summed E-state index contributed by atoms with van der Waals surface area (Å²) in [7, 11) is 3.52. The van der Waals surface area contributed by atoms with E-state index in [1.807, 2.05) is 7.05 Å². The molecule has 1 aliphatic heterocycles. The van der Waals surface area contributed by atoms with Crippen LogP contribution in [-0.4, -0.2) is 51.2 Å². The number of nitrogens with one attached hydrogen (secondary N) is 2. The van der Waals surface area contributed by atoms with Gasteiger partial charge in [0, 0.05) is 32.2 Å². The first-order valence-electron chi connectivity index (χ1n) is 8.53. The minimum Gasteiger partial charge on any atom is -0.496 e. The van der Waals surface area contributed by atoms with Gasteiger partial charge in [-0.15, -0.1) is 0 Å². The largest absolute Gasteiger partial charge is 0.496 e. The van der Waals surface area contributed by atoms with Crippen molar-refractivity contribution in [3.8, 4) is 5.75 Å². The normalized spacial score (nSPS) is 16.2. The van der Waals surface area contributed by atoms with Crippen LogP contribution in [0.3, 0.4) is 0 Å². The Morgan fingerprint density at radius 3 is 2.70 bits per heavy atom. The summed E-state index contributed by atoms with van der Waals surface area (Å²) < 4.78 is 5.45. The van der Waals surface area contributed by atoms with Crippen molar-refractivity contribution >= 4 is 5.96 Å². The average Bonchev–Trinajstić information content (AvgIpc) is 2.59. The van der Waals surface area contributed by atoms with E-state index in [1.165, 1.54) is 37.9 Å². The zero-order valence-electron chi connectivity index (χ0n) is 14.7. The fourth-order valence-electron chi connectivity index (χ4n) is 2.91. The van der Waals surface area contributed by atoms with Crippen LogP contribution in [0.5, 0.6) is 5.75 Å². The van der Waals surface area contributed by atoms with Gasteiger partial charge in [0.15, 0.2) is 5.96 Å². The van der Waals surface area contributed by atoms with Crippen LogP contribution in [0.15, 0.2) is 23.2 Å². The molecule has 1 aromatic carbocycles. The van der Waals surface area contributed by atoms with Gasteiger partial charge in [-0.25, -0.2) is 0 Å². The first-order chi connectivity index (χ1) is 11.2. The van der Waals surface area contributed by atoms with Crippen LogP contribution in [-0.2, 0) is 6.54 Å². The number of benzene rings is 1. The number of hydrogen-bond acceptors (Lipinski definition) is 3. The lowest BCUT2D eigenvalue weighted by Crippen LogP contribution is -2.42. The molecule has 5 heteroatoms. The van der Waals surface area contributed by atoms with Crippen LogP contribution < -0.4 is 15.4 Å². The molecular weight excluding hydrogens is 288 g/mol. The number of hydrogen-bond donors (Lipinski definition) is 2. The van der Waals surface area contributed by atoms with E-state index in [2.05, 4.69) is 45.6 Å². The third-order valence-corrected chi connectivity index (χ3v) is 4.28. The van der Waals surface area contributed by atoms with E-state index in [0.717, 1.165) is 30.4 Å². The summed E-state index contributed by atoms with van der Waals surface area (Å²) in [6, 6.07) is 6.26. The van der Waals surface area contributed by atoms with Crippen LogP contribution >= 0.6 is 0 Å². The van der Waals surface area contributed by atoms with Crippen molar-refractivity contribution in [2.75, 3.05) is 40.3 Å². The zero-order chi connectivity index (χ0) is 16.5. The maximum absolute atomic E-state index is 5.45. The van der Waals surface area contributed by atoms with E-state index in [0.29, 0.717) is 6.54 Å². The van der Waals surface area contributed by atoms with E-state index in [9.17, 15) is 0 Å². The summed E-state index contributed by atoms with van der Waals surface area (Å²) in [6.45, 7) is 7.23. The number of aliphatic imine (C=N–C) groups is 1. The molecule has 1 saturated heterocycles. The number of ether oxygens (including phenoxy) is 1. The van der Waals surface area contributed by atoms with Gasteiger partial charge in [0.1, 0.15) is 5.75 Å². The summed E-state index contributed by atoms with van der Waals surface area (Å²) >= 11 is 0. The molecule has 2 rings (SSSR count). The maximum atomic E-state index is 5.45. The Labute approximate surface area is 140 Å². The Morgan fingerprint density at radius 2 is 2.00 bits per heavy atom. The number of piperidine rings is 1. The second-order valence-corrected chi connectivity index (χ2v) is 6.07. The van der Waals surface area contributed by atoms with E-state index < -0.39 is 0 Å². The van der Waals surface area contributed by atoms with Gasteiger partial charge in [-0.1, -0.05) is 18.6 Å². The van der Waals surface area contributed by atoms with Crippen molar-refractivity contribution in [3.05, 3.63) is 29.3 Å².